The SMILES string of the molecule is CSc1ccc(CN(C)Cc2nc(N)nc(Nc3ccccc3)n2)cc1. The van der Waals surface area contributed by atoms with Gasteiger partial charge in [-0.3, -0.25) is 4.90 Å². The molecule has 0 aliphatic rings. The number of hydrogen-bond acceptors (Lipinski definition) is 7. The van der Waals surface area contributed by atoms with Gasteiger partial charge in [-0.2, -0.15) is 15.0 Å². The van der Waals surface area contributed by atoms with Crippen molar-refractivity contribution in [1.29, 1.82) is 0 Å². The van der Waals surface area contributed by atoms with Crippen LogP contribution in [0, 0.1) is 0 Å². The molecule has 1 heterocycles. The van der Waals surface area contributed by atoms with Crippen LogP contribution in [-0.4, -0.2) is 33.2 Å². The van der Waals surface area contributed by atoms with E-state index in [0.29, 0.717) is 18.3 Å². The fourth-order valence-corrected chi connectivity index (χ4v) is 2.96. The lowest BCUT2D eigenvalue weighted by atomic mass is 10.2. The first-order valence-corrected chi connectivity index (χ1v) is 9.49. The zero-order valence-electron chi connectivity index (χ0n) is 14.9. The van der Waals surface area contributed by atoms with Gasteiger partial charge in [0.1, 0.15) is 5.82 Å². The zero-order valence-corrected chi connectivity index (χ0v) is 15.7. The Balaban J connectivity index is 1.66. The third kappa shape index (κ3) is 5.18. The number of rotatable bonds is 7. The molecule has 0 aliphatic heterocycles. The second-order valence-corrected chi connectivity index (χ2v) is 6.82. The fraction of sp³-hybridized carbons (Fsp3) is 0.211. The van der Waals surface area contributed by atoms with Gasteiger partial charge in [0.05, 0.1) is 6.54 Å². The van der Waals surface area contributed by atoms with Crippen molar-refractivity contribution in [2.75, 3.05) is 24.4 Å². The Kier molecular flexibility index (Phi) is 6.04. The highest BCUT2D eigenvalue weighted by molar-refractivity contribution is 7.98. The van der Waals surface area contributed by atoms with E-state index < -0.39 is 0 Å². The van der Waals surface area contributed by atoms with Crippen LogP contribution in [-0.2, 0) is 13.1 Å². The van der Waals surface area contributed by atoms with Crippen molar-refractivity contribution in [2.45, 2.75) is 18.0 Å². The smallest absolute Gasteiger partial charge is 0.232 e. The lowest BCUT2D eigenvalue weighted by molar-refractivity contribution is 0.310. The number of thioether (sulfide) groups is 1. The zero-order chi connectivity index (χ0) is 18.4. The van der Waals surface area contributed by atoms with Gasteiger partial charge in [0.25, 0.3) is 0 Å². The monoisotopic (exact) mass is 366 g/mol. The number of para-hydroxylation sites is 1. The third-order valence-corrected chi connectivity index (χ3v) is 4.50. The van der Waals surface area contributed by atoms with Crippen molar-refractivity contribution in [3.05, 3.63) is 66.0 Å². The van der Waals surface area contributed by atoms with E-state index >= 15 is 0 Å². The molecule has 134 valence electrons. The number of anilines is 3. The van der Waals surface area contributed by atoms with Crippen LogP contribution in [0.3, 0.4) is 0 Å². The Morgan fingerprint density at radius 3 is 2.38 bits per heavy atom. The topological polar surface area (TPSA) is 80.0 Å². The number of nitrogen functional groups attached to an aromatic ring is 1. The average molecular weight is 366 g/mol. The number of benzene rings is 2. The normalized spacial score (nSPS) is 10.9. The van der Waals surface area contributed by atoms with E-state index in [1.807, 2.05) is 37.4 Å². The lowest BCUT2D eigenvalue weighted by Crippen LogP contribution is -2.20. The summed E-state index contributed by atoms with van der Waals surface area (Å²) in [5.41, 5.74) is 8.00. The van der Waals surface area contributed by atoms with Crippen LogP contribution in [0.5, 0.6) is 0 Å². The first-order valence-electron chi connectivity index (χ1n) is 8.26. The second-order valence-electron chi connectivity index (χ2n) is 5.94. The lowest BCUT2D eigenvalue weighted by Gasteiger charge is -2.16. The summed E-state index contributed by atoms with van der Waals surface area (Å²) < 4.78 is 0. The molecule has 0 saturated heterocycles. The number of nitrogens with zero attached hydrogens (tertiary/aromatic N) is 4. The molecule has 0 aliphatic carbocycles. The molecular weight excluding hydrogens is 344 g/mol. The summed E-state index contributed by atoms with van der Waals surface area (Å²) in [6.07, 6.45) is 2.08. The number of nitrogens with two attached hydrogens (primary N) is 1. The molecule has 0 atom stereocenters. The first kappa shape index (κ1) is 18.2. The van der Waals surface area contributed by atoms with Crippen LogP contribution in [0.15, 0.2) is 59.5 Å². The molecule has 3 aromatic rings. The van der Waals surface area contributed by atoms with Crippen molar-refractivity contribution >= 4 is 29.3 Å². The van der Waals surface area contributed by atoms with E-state index in [1.165, 1.54) is 10.5 Å². The summed E-state index contributed by atoms with van der Waals surface area (Å²) in [6.45, 7) is 1.39. The average Bonchev–Trinajstić information content (AvgIpc) is 2.62. The highest BCUT2D eigenvalue weighted by atomic mass is 32.2. The molecule has 0 unspecified atom stereocenters. The standard InChI is InChI=1S/C19H22N6S/c1-25(12-14-8-10-16(26-2)11-9-14)13-17-22-18(20)24-19(23-17)21-15-6-4-3-5-7-15/h3-11H,12-13H2,1-2H3,(H3,20,21,22,23,24). The van der Waals surface area contributed by atoms with Crippen LogP contribution >= 0.6 is 11.8 Å². The van der Waals surface area contributed by atoms with Gasteiger partial charge in [-0.05, 0) is 43.1 Å². The summed E-state index contributed by atoms with van der Waals surface area (Å²) in [6, 6.07) is 18.3. The van der Waals surface area contributed by atoms with E-state index in [-0.39, 0.29) is 5.95 Å². The van der Waals surface area contributed by atoms with Gasteiger partial charge in [-0.1, -0.05) is 30.3 Å². The highest BCUT2D eigenvalue weighted by Crippen LogP contribution is 2.17. The molecule has 0 amide bonds. The maximum absolute atomic E-state index is 5.85. The van der Waals surface area contributed by atoms with Crippen molar-refractivity contribution < 1.29 is 0 Å². The summed E-state index contributed by atoms with van der Waals surface area (Å²) in [4.78, 5) is 16.3. The number of hydrogen-bond donors (Lipinski definition) is 2. The molecule has 6 nitrogen and oxygen atoms in total. The highest BCUT2D eigenvalue weighted by Gasteiger charge is 2.08. The third-order valence-electron chi connectivity index (χ3n) is 3.75. The Morgan fingerprint density at radius 2 is 1.69 bits per heavy atom. The number of nitrogens with one attached hydrogen (secondary N) is 1. The Bertz CT molecular complexity index is 838. The minimum absolute atomic E-state index is 0.214. The predicted octanol–water partition coefficient (Wildman–Crippen LogP) is 3.55. The molecule has 3 N–H and O–H groups in total. The molecule has 0 fully saturated rings. The Labute approximate surface area is 157 Å². The molecular formula is C19H22N6S. The largest absolute Gasteiger partial charge is 0.368 e. The fourth-order valence-electron chi connectivity index (χ4n) is 2.56. The van der Waals surface area contributed by atoms with Gasteiger partial charge in [-0.25, -0.2) is 0 Å². The summed E-state index contributed by atoms with van der Waals surface area (Å²) in [5, 5.41) is 3.16. The van der Waals surface area contributed by atoms with Gasteiger partial charge in [0, 0.05) is 17.1 Å². The maximum Gasteiger partial charge on any atom is 0.232 e. The van der Waals surface area contributed by atoms with E-state index in [9.17, 15) is 0 Å². The van der Waals surface area contributed by atoms with E-state index in [1.54, 1.807) is 11.8 Å². The molecule has 0 spiro atoms. The van der Waals surface area contributed by atoms with Crippen molar-refractivity contribution in [1.82, 2.24) is 19.9 Å². The van der Waals surface area contributed by atoms with E-state index in [2.05, 4.69) is 55.7 Å². The molecule has 1 aromatic heterocycles. The minimum atomic E-state index is 0.214. The van der Waals surface area contributed by atoms with Crippen LogP contribution in [0.1, 0.15) is 11.4 Å². The van der Waals surface area contributed by atoms with Crippen molar-refractivity contribution in [3.8, 4) is 0 Å². The van der Waals surface area contributed by atoms with Crippen LogP contribution in [0.4, 0.5) is 17.6 Å². The Hall–Kier alpha value is -2.64. The molecule has 26 heavy (non-hydrogen) atoms. The predicted molar refractivity (Wildman–Crippen MR) is 107 cm³/mol. The first-order chi connectivity index (χ1) is 12.6. The van der Waals surface area contributed by atoms with Gasteiger partial charge in [-0.15, -0.1) is 11.8 Å². The van der Waals surface area contributed by atoms with Gasteiger partial charge >= 0.3 is 0 Å². The van der Waals surface area contributed by atoms with Gasteiger partial charge in [0.2, 0.25) is 11.9 Å². The molecule has 3 rings (SSSR count). The van der Waals surface area contributed by atoms with Crippen LogP contribution in [0.25, 0.3) is 0 Å². The summed E-state index contributed by atoms with van der Waals surface area (Å²) >= 11 is 1.74. The molecule has 2 aromatic carbocycles. The van der Waals surface area contributed by atoms with Crippen molar-refractivity contribution in [3.63, 3.8) is 0 Å². The van der Waals surface area contributed by atoms with Crippen molar-refractivity contribution in [2.24, 2.45) is 0 Å². The van der Waals surface area contributed by atoms with Gasteiger partial charge in [0.15, 0.2) is 0 Å². The quantitative estimate of drug-likeness (QED) is 0.619. The minimum Gasteiger partial charge on any atom is -0.368 e. The van der Waals surface area contributed by atoms with Crippen LogP contribution in [0.2, 0.25) is 0 Å². The van der Waals surface area contributed by atoms with Crippen LogP contribution < -0.4 is 11.1 Å². The molecule has 0 bridgehead atoms. The van der Waals surface area contributed by atoms with E-state index in [0.717, 1.165) is 12.2 Å². The maximum atomic E-state index is 5.85. The summed E-state index contributed by atoms with van der Waals surface area (Å²) in [7, 11) is 2.03. The van der Waals surface area contributed by atoms with E-state index in [4.69, 9.17) is 5.73 Å². The Morgan fingerprint density at radius 1 is 0.962 bits per heavy atom. The molecule has 0 saturated carbocycles. The van der Waals surface area contributed by atoms with Gasteiger partial charge < -0.3 is 11.1 Å². The summed E-state index contributed by atoms with van der Waals surface area (Å²) in [5.74, 6) is 1.31. The molecule has 7 heteroatoms. The number of aromatic nitrogens is 3. The second kappa shape index (κ2) is 8.64. The molecule has 0 radical (unpaired) electrons.